The van der Waals surface area contributed by atoms with Crippen LogP contribution in [0.1, 0.15) is 26.4 Å². The van der Waals surface area contributed by atoms with Crippen LogP contribution in [0.4, 0.5) is 5.00 Å². The number of aromatic nitrogens is 1. The highest BCUT2D eigenvalue weighted by molar-refractivity contribution is 7.20. The molecule has 0 bridgehead atoms. The van der Waals surface area contributed by atoms with E-state index in [0.717, 1.165) is 26.9 Å². The van der Waals surface area contributed by atoms with Crippen molar-refractivity contribution in [3.8, 4) is 10.4 Å². The predicted octanol–water partition coefficient (Wildman–Crippen LogP) is 5.00. The lowest BCUT2D eigenvalue weighted by Crippen LogP contribution is -2.41. The third-order valence-electron chi connectivity index (χ3n) is 5.75. The van der Waals surface area contributed by atoms with Crippen molar-refractivity contribution in [2.75, 3.05) is 31.6 Å². The first kappa shape index (κ1) is 21.3. The fourth-order valence-corrected chi connectivity index (χ4v) is 5.21. The smallest absolute Gasteiger partial charge is 0.274 e. The molecule has 0 spiro atoms. The van der Waals surface area contributed by atoms with Crippen LogP contribution in [-0.2, 0) is 4.74 Å². The maximum Gasteiger partial charge on any atom is 0.274 e. The molecule has 1 N–H and O–H groups in total. The number of anilines is 1. The third-order valence-corrected chi connectivity index (χ3v) is 7.01. The number of nitrogens with zero attached hydrogens (tertiary/aromatic N) is 2. The minimum absolute atomic E-state index is 0.0870. The molecule has 4 aromatic rings. The molecule has 6 nitrogen and oxygen atoms in total. The van der Waals surface area contributed by atoms with E-state index in [-0.39, 0.29) is 11.8 Å². The molecule has 7 heteroatoms. The molecule has 3 heterocycles. The van der Waals surface area contributed by atoms with Crippen LogP contribution < -0.4 is 5.32 Å². The van der Waals surface area contributed by atoms with Crippen molar-refractivity contribution in [2.24, 2.45) is 0 Å². The summed E-state index contributed by atoms with van der Waals surface area (Å²) in [5.41, 5.74) is 3.48. The largest absolute Gasteiger partial charge is 0.378 e. The fraction of sp³-hybridized carbons (Fsp3) is 0.192. The number of para-hydroxylation sites is 1. The number of hydrogen-bond donors (Lipinski definition) is 1. The summed E-state index contributed by atoms with van der Waals surface area (Å²) in [5, 5.41) is 4.49. The van der Waals surface area contributed by atoms with Gasteiger partial charge in [0.05, 0.1) is 24.3 Å². The Bertz CT molecular complexity index is 1330. The topological polar surface area (TPSA) is 71.5 Å². The van der Waals surface area contributed by atoms with Gasteiger partial charge in [-0.3, -0.25) is 9.59 Å². The Morgan fingerprint density at radius 2 is 1.70 bits per heavy atom. The summed E-state index contributed by atoms with van der Waals surface area (Å²) in [6.07, 6.45) is 0. The summed E-state index contributed by atoms with van der Waals surface area (Å²) in [6.45, 7) is 4.05. The van der Waals surface area contributed by atoms with Crippen molar-refractivity contribution in [3.05, 3.63) is 83.6 Å². The van der Waals surface area contributed by atoms with Crippen molar-refractivity contribution < 1.29 is 14.3 Å². The Hall–Kier alpha value is -3.55. The Kier molecular flexibility index (Phi) is 5.90. The monoisotopic (exact) mass is 457 g/mol. The van der Waals surface area contributed by atoms with Crippen molar-refractivity contribution in [1.82, 2.24) is 9.88 Å². The lowest BCUT2D eigenvalue weighted by atomic mass is 10.1. The van der Waals surface area contributed by atoms with Gasteiger partial charge in [-0.15, -0.1) is 11.3 Å². The van der Waals surface area contributed by atoms with E-state index >= 15 is 0 Å². The standard InChI is InChI=1S/C26H23N3O3S/c1-17-22(26(31)29-13-15-32-16-14-29)25(33-23(17)19-8-3-2-4-9-19)28-24(30)21-12-11-18-7-5-6-10-20(18)27-21/h2-12H,13-16H2,1H3,(H,28,30). The first-order valence-electron chi connectivity index (χ1n) is 10.8. The Labute approximate surface area is 195 Å². The number of ether oxygens (including phenoxy) is 1. The van der Waals surface area contributed by atoms with Gasteiger partial charge in [0.2, 0.25) is 0 Å². The maximum absolute atomic E-state index is 13.5. The quantitative estimate of drug-likeness (QED) is 0.468. The van der Waals surface area contributed by atoms with E-state index in [2.05, 4.69) is 10.3 Å². The number of thiophene rings is 1. The van der Waals surface area contributed by atoms with Gasteiger partial charge in [0, 0.05) is 23.4 Å². The van der Waals surface area contributed by atoms with E-state index in [1.54, 1.807) is 11.0 Å². The van der Waals surface area contributed by atoms with Gasteiger partial charge in [-0.1, -0.05) is 54.6 Å². The van der Waals surface area contributed by atoms with E-state index < -0.39 is 0 Å². The Morgan fingerprint density at radius 1 is 0.970 bits per heavy atom. The Balaban J connectivity index is 1.53. The number of hydrogen-bond acceptors (Lipinski definition) is 5. The fourth-order valence-electron chi connectivity index (χ4n) is 4.01. The van der Waals surface area contributed by atoms with Crippen LogP contribution in [0.15, 0.2) is 66.7 Å². The molecule has 0 saturated carbocycles. The number of nitrogens with one attached hydrogen (secondary N) is 1. The number of amides is 2. The predicted molar refractivity (Wildman–Crippen MR) is 131 cm³/mol. The summed E-state index contributed by atoms with van der Waals surface area (Å²) in [7, 11) is 0. The van der Waals surface area contributed by atoms with Gasteiger partial charge in [0.1, 0.15) is 10.7 Å². The lowest BCUT2D eigenvalue weighted by Gasteiger charge is -2.27. The SMILES string of the molecule is Cc1c(-c2ccccc2)sc(NC(=O)c2ccc3ccccc3n2)c1C(=O)N1CCOCC1. The van der Waals surface area contributed by atoms with Gasteiger partial charge in [-0.05, 0) is 30.2 Å². The highest BCUT2D eigenvalue weighted by Gasteiger charge is 2.28. The molecule has 2 amide bonds. The zero-order valence-corrected chi connectivity index (χ0v) is 19.0. The zero-order valence-electron chi connectivity index (χ0n) is 18.2. The van der Waals surface area contributed by atoms with Gasteiger partial charge in [-0.25, -0.2) is 4.98 Å². The van der Waals surface area contributed by atoms with Crippen LogP contribution >= 0.6 is 11.3 Å². The lowest BCUT2D eigenvalue weighted by molar-refractivity contribution is 0.0303. The van der Waals surface area contributed by atoms with Crippen molar-refractivity contribution in [2.45, 2.75) is 6.92 Å². The zero-order chi connectivity index (χ0) is 22.8. The highest BCUT2D eigenvalue weighted by atomic mass is 32.1. The maximum atomic E-state index is 13.5. The molecule has 33 heavy (non-hydrogen) atoms. The number of benzene rings is 2. The van der Waals surface area contributed by atoms with Crippen LogP contribution in [0, 0.1) is 6.92 Å². The number of morpholine rings is 1. The van der Waals surface area contributed by atoms with E-state index in [9.17, 15) is 9.59 Å². The van der Waals surface area contributed by atoms with Crippen LogP contribution in [-0.4, -0.2) is 48.0 Å². The first-order chi connectivity index (χ1) is 16.1. The van der Waals surface area contributed by atoms with Gasteiger partial charge in [-0.2, -0.15) is 0 Å². The van der Waals surface area contributed by atoms with E-state index in [4.69, 9.17) is 4.74 Å². The molecule has 1 fully saturated rings. The van der Waals surface area contributed by atoms with Gasteiger partial charge >= 0.3 is 0 Å². The van der Waals surface area contributed by atoms with E-state index in [1.165, 1.54) is 11.3 Å². The minimum Gasteiger partial charge on any atom is -0.378 e. The van der Waals surface area contributed by atoms with Gasteiger partial charge in [0.25, 0.3) is 11.8 Å². The van der Waals surface area contributed by atoms with Crippen molar-refractivity contribution in [3.63, 3.8) is 0 Å². The minimum atomic E-state index is -0.336. The first-order valence-corrected chi connectivity index (χ1v) is 11.7. The normalized spacial score (nSPS) is 13.8. The second-order valence-corrected chi connectivity index (χ2v) is 8.89. The molecule has 1 aliphatic heterocycles. The van der Waals surface area contributed by atoms with Gasteiger partial charge < -0.3 is 15.0 Å². The molecule has 2 aromatic heterocycles. The van der Waals surface area contributed by atoms with Gasteiger partial charge in [0.15, 0.2) is 0 Å². The van der Waals surface area contributed by atoms with Crippen LogP contribution in [0.25, 0.3) is 21.3 Å². The molecular weight excluding hydrogens is 434 g/mol. The third kappa shape index (κ3) is 4.25. The number of fused-ring (bicyclic) bond motifs is 1. The molecule has 2 aromatic carbocycles. The molecule has 0 unspecified atom stereocenters. The summed E-state index contributed by atoms with van der Waals surface area (Å²) >= 11 is 1.42. The van der Waals surface area contributed by atoms with E-state index in [1.807, 2.05) is 67.6 Å². The molecule has 1 saturated heterocycles. The average molecular weight is 458 g/mol. The van der Waals surface area contributed by atoms with Crippen LogP contribution in [0.5, 0.6) is 0 Å². The molecular formula is C26H23N3O3S. The van der Waals surface area contributed by atoms with Crippen LogP contribution in [0.3, 0.4) is 0 Å². The molecule has 0 atom stereocenters. The second-order valence-electron chi connectivity index (χ2n) is 7.87. The summed E-state index contributed by atoms with van der Waals surface area (Å²) in [5.74, 6) is -0.423. The van der Waals surface area contributed by atoms with Crippen LogP contribution in [0.2, 0.25) is 0 Å². The summed E-state index contributed by atoms with van der Waals surface area (Å²) in [6, 6.07) is 21.2. The molecule has 1 aliphatic rings. The number of rotatable bonds is 4. The summed E-state index contributed by atoms with van der Waals surface area (Å²) < 4.78 is 5.41. The average Bonchev–Trinajstić information content (AvgIpc) is 3.19. The number of pyridine rings is 1. The molecule has 166 valence electrons. The summed E-state index contributed by atoms with van der Waals surface area (Å²) in [4.78, 5) is 33.9. The van der Waals surface area contributed by atoms with Crippen molar-refractivity contribution >= 4 is 39.1 Å². The molecule has 5 rings (SSSR count). The number of carbonyl (C=O) groups excluding carboxylic acids is 2. The van der Waals surface area contributed by atoms with E-state index in [0.29, 0.717) is 42.6 Å². The van der Waals surface area contributed by atoms with Crippen molar-refractivity contribution in [1.29, 1.82) is 0 Å². The highest BCUT2D eigenvalue weighted by Crippen LogP contribution is 2.40. The Morgan fingerprint density at radius 3 is 2.48 bits per heavy atom. The molecule has 0 aliphatic carbocycles. The second kappa shape index (κ2) is 9.13. The number of carbonyl (C=O) groups is 2. The molecule has 0 radical (unpaired) electrons.